The van der Waals surface area contributed by atoms with Crippen molar-refractivity contribution >= 4 is 5.97 Å². The van der Waals surface area contributed by atoms with Crippen LogP contribution < -0.4 is 0 Å². The Bertz CT molecular complexity index is 536. The number of carbonyl (C=O) groups is 1. The molecule has 2 saturated carbocycles. The number of fused-ring (bicyclic) bond motifs is 2. The van der Waals surface area contributed by atoms with Crippen molar-refractivity contribution in [2.75, 3.05) is 20.3 Å². The second kappa shape index (κ2) is 5.46. The average molecular weight is 321 g/mol. The highest BCUT2D eigenvalue weighted by Gasteiger charge is 2.71. The van der Waals surface area contributed by atoms with Crippen molar-refractivity contribution in [2.45, 2.75) is 52.2 Å². The second-order valence-electron chi connectivity index (χ2n) is 7.75. The van der Waals surface area contributed by atoms with Crippen LogP contribution in [0.1, 0.15) is 46.5 Å². The fourth-order valence-electron chi connectivity index (χ4n) is 5.58. The SMILES string of the molecule is COC(=O)[C@@H](C)[C@@]12CC[C@@H](C)[C@@](C)(C#N)[C@@H]1C1(CC2)OCCO1. The summed E-state index contributed by atoms with van der Waals surface area (Å²) in [7, 11) is 1.44. The van der Waals surface area contributed by atoms with Crippen LogP contribution in [0, 0.1) is 39.9 Å². The number of nitriles is 1. The van der Waals surface area contributed by atoms with Crippen molar-refractivity contribution in [1.29, 1.82) is 5.26 Å². The van der Waals surface area contributed by atoms with Crippen LogP contribution in [-0.4, -0.2) is 32.1 Å². The molecule has 0 aromatic carbocycles. The molecule has 1 saturated heterocycles. The van der Waals surface area contributed by atoms with E-state index in [0.29, 0.717) is 13.2 Å². The molecule has 3 aliphatic rings. The van der Waals surface area contributed by atoms with Gasteiger partial charge in [0, 0.05) is 12.3 Å². The van der Waals surface area contributed by atoms with E-state index in [4.69, 9.17) is 14.2 Å². The zero-order valence-corrected chi connectivity index (χ0v) is 14.6. The van der Waals surface area contributed by atoms with Gasteiger partial charge in [-0.15, -0.1) is 0 Å². The number of ether oxygens (including phenoxy) is 3. The van der Waals surface area contributed by atoms with Crippen molar-refractivity contribution in [3.05, 3.63) is 0 Å². The van der Waals surface area contributed by atoms with E-state index in [9.17, 15) is 10.1 Å². The van der Waals surface area contributed by atoms with Gasteiger partial charge in [0.2, 0.25) is 0 Å². The van der Waals surface area contributed by atoms with Crippen LogP contribution in [0.5, 0.6) is 0 Å². The van der Waals surface area contributed by atoms with E-state index in [1.165, 1.54) is 7.11 Å². The number of carbonyl (C=O) groups excluding carboxylic acids is 1. The van der Waals surface area contributed by atoms with Crippen LogP contribution in [0.25, 0.3) is 0 Å². The maximum Gasteiger partial charge on any atom is 0.308 e. The highest BCUT2D eigenvalue weighted by Crippen LogP contribution is 2.69. The molecule has 0 unspecified atom stereocenters. The third-order valence-corrected chi connectivity index (χ3v) is 7.05. The number of hydrogen-bond donors (Lipinski definition) is 0. The number of nitrogens with zero attached hydrogens (tertiary/aromatic N) is 1. The Balaban J connectivity index is 2.11. The monoisotopic (exact) mass is 321 g/mol. The molecule has 0 aromatic rings. The van der Waals surface area contributed by atoms with Crippen LogP contribution in [0.4, 0.5) is 0 Å². The Kier molecular flexibility index (Phi) is 3.97. The van der Waals surface area contributed by atoms with Crippen molar-refractivity contribution in [1.82, 2.24) is 0 Å². The van der Waals surface area contributed by atoms with Gasteiger partial charge in [0.1, 0.15) is 0 Å². The Morgan fingerprint density at radius 1 is 1.30 bits per heavy atom. The highest BCUT2D eigenvalue weighted by molar-refractivity contribution is 5.73. The van der Waals surface area contributed by atoms with Gasteiger partial charge in [-0.05, 0) is 37.5 Å². The maximum absolute atomic E-state index is 12.3. The van der Waals surface area contributed by atoms with Gasteiger partial charge in [0.25, 0.3) is 0 Å². The first kappa shape index (κ1) is 16.7. The van der Waals surface area contributed by atoms with Crippen molar-refractivity contribution in [3.8, 4) is 6.07 Å². The molecule has 128 valence electrons. The zero-order valence-electron chi connectivity index (χ0n) is 14.6. The minimum Gasteiger partial charge on any atom is -0.469 e. The zero-order chi connectivity index (χ0) is 16.9. The fourth-order valence-corrected chi connectivity index (χ4v) is 5.58. The molecule has 2 aliphatic carbocycles. The van der Waals surface area contributed by atoms with Crippen molar-refractivity contribution in [2.24, 2.45) is 28.6 Å². The largest absolute Gasteiger partial charge is 0.469 e. The predicted molar refractivity (Wildman–Crippen MR) is 83.1 cm³/mol. The van der Waals surface area contributed by atoms with E-state index in [-0.39, 0.29) is 29.1 Å². The first-order valence-electron chi connectivity index (χ1n) is 8.63. The van der Waals surface area contributed by atoms with E-state index in [2.05, 4.69) is 13.0 Å². The van der Waals surface area contributed by atoms with Gasteiger partial charge in [0.15, 0.2) is 5.79 Å². The summed E-state index contributed by atoms with van der Waals surface area (Å²) in [6, 6.07) is 2.58. The lowest BCUT2D eigenvalue weighted by atomic mass is 9.49. The molecule has 0 radical (unpaired) electrons. The molecule has 1 spiro atoms. The molecule has 0 bridgehead atoms. The Labute approximate surface area is 138 Å². The number of hydrogen-bond acceptors (Lipinski definition) is 5. The molecule has 0 amide bonds. The topological polar surface area (TPSA) is 68.6 Å². The van der Waals surface area contributed by atoms with Gasteiger partial charge in [-0.2, -0.15) is 5.26 Å². The lowest BCUT2D eigenvalue weighted by Crippen LogP contribution is -2.57. The minimum atomic E-state index is -0.707. The smallest absolute Gasteiger partial charge is 0.308 e. The van der Waals surface area contributed by atoms with Gasteiger partial charge in [0.05, 0.1) is 37.7 Å². The summed E-state index contributed by atoms with van der Waals surface area (Å²) in [5.74, 6) is -1.02. The molecule has 5 heteroatoms. The highest BCUT2D eigenvalue weighted by atomic mass is 16.7. The standard InChI is InChI=1S/C18H27NO4/c1-12-5-6-17(13(2)14(20)21-4)7-8-18(22-9-10-23-18)15(17)16(12,3)11-19/h12-13,15H,5-10H2,1-4H3/t12-,13-,15+,16-,17+/m1/s1. The van der Waals surface area contributed by atoms with Crippen LogP contribution in [-0.2, 0) is 19.0 Å². The molecule has 3 fully saturated rings. The molecule has 1 heterocycles. The quantitative estimate of drug-likeness (QED) is 0.732. The lowest BCUT2D eigenvalue weighted by Gasteiger charge is -2.55. The number of esters is 1. The van der Waals surface area contributed by atoms with E-state index >= 15 is 0 Å². The van der Waals surface area contributed by atoms with E-state index < -0.39 is 11.2 Å². The summed E-state index contributed by atoms with van der Waals surface area (Å²) in [5, 5.41) is 10.0. The molecule has 5 nitrogen and oxygen atoms in total. The summed E-state index contributed by atoms with van der Waals surface area (Å²) in [6.45, 7) is 7.24. The lowest BCUT2D eigenvalue weighted by molar-refractivity contribution is -0.237. The van der Waals surface area contributed by atoms with Crippen molar-refractivity contribution in [3.63, 3.8) is 0 Å². The first-order valence-corrected chi connectivity index (χ1v) is 8.63. The van der Waals surface area contributed by atoms with E-state index in [1.54, 1.807) is 0 Å². The van der Waals surface area contributed by atoms with Crippen molar-refractivity contribution < 1.29 is 19.0 Å². The fraction of sp³-hybridized carbons (Fsp3) is 0.889. The maximum atomic E-state index is 12.3. The molecular weight excluding hydrogens is 294 g/mol. The average Bonchev–Trinajstić information content (AvgIpc) is 3.17. The normalized spacial score (nSPS) is 42.9. The third-order valence-electron chi connectivity index (χ3n) is 7.05. The first-order chi connectivity index (χ1) is 10.9. The number of methoxy groups -OCH3 is 1. The third kappa shape index (κ3) is 2.08. The van der Waals surface area contributed by atoms with Crippen LogP contribution in [0.2, 0.25) is 0 Å². The molecule has 0 aromatic heterocycles. The van der Waals surface area contributed by atoms with Crippen LogP contribution in [0.15, 0.2) is 0 Å². The Hall–Kier alpha value is -1.12. The summed E-state index contributed by atoms with van der Waals surface area (Å²) in [5.41, 5.74) is -0.851. The van der Waals surface area contributed by atoms with Gasteiger partial charge >= 0.3 is 5.97 Å². The predicted octanol–water partition coefficient (Wildman–Crippen LogP) is 2.89. The Morgan fingerprint density at radius 3 is 2.52 bits per heavy atom. The van der Waals surface area contributed by atoms with Gasteiger partial charge in [-0.1, -0.05) is 13.8 Å². The summed E-state index contributed by atoms with van der Waals surface area (Å²) in [4.78, 5) is 12.3. The van der Waals surface area contributed by atoms with Crippen LogP contribution in [0.3, 0.4) is 0 Å². The molecule has 0 N–H and O–H groups in total. The molecule has 5 atom stereocenters. The Morgan fingerprint density at radius 2 is 1.96 bits per heavy atom. The van der Waals surface area contributed by atoms with Crippen LogP contribution >= 0.6 is 0 Å². The summed E-state index contributed by atoms with van der Waals surface area (Å²) in [6.07, 6.45) is 3.46. The molecular formula is C18H27NO4. The van der Waals surface area contributed by atoms with E-state index in [0.717, 1.165) is 25.7 Å². The van der Waals surface area contributed by atoms with Gasteiger partial charge in [-0.25, -0.2) is 0 Å². The molecule has 3 rings (SSSR count). The van der Waals surface area contributed by atoms with E-state index in [1.807, 2.05) is 13.8 Å². The second-order valence-corrected chi connectivity index (χ2v) is 7.75. The van der Waals surface area contributed by atoms with Gasteiger partial charge < -0.3 is 14.2 Å². The molecule has 23 heavy (non-hydrogen) atoms. The summed E-state index contributed by atoms with van der Waals surface area (Å²) >= 11 is 0. The molecule has 1 aliphatic heterocycles. The minimum absolute atomic E-state index is 0.104. The van der Waals surface area contributed by atoms with Gasteiger partial charge in [-0.3, -0.25) is 4.79 Å². The number of rotatable bonds is 2. The summed E-state index contributed by atoms with van der Waals surface area (Å²) < 4.78 is 17.2.